The Morgan fingerprint density at radius 2 is 2.30 bits per heavy atom. The van der Waals surface area contributed by atoms with Gasteiger partial charge < -0.3 is 11.1 Å². The van der Waals surface area contributed by atoms with Crippen LogP contribution in [0.4, 0.5) is 5.69 Å². The summed E-state index contributed by atoms with van der Waals surface area (Å²) in [5.74, 6) is 0.0202. The lowest BCUT2D eigenvalue weighted by molar-refractivity contribution is -0.125. The highest BCUT2D eigenvalue weighted by atomic mass is 16.2. The number of nitrogens with two attached hydrogens (primary N) is 1. The first kappa shape index (κ1) is 13.1. The van der Waals surface area contributed by atoms with E-state index in [0.717, 1.165) is 35.7 Å². The lowest BCUT2D eigenvalue weighted by atomic mass is 9.84. The SMILES string of the molecule is CC1(C(=O)Nc2cccc3cnccc23)CCCC1N. The van der Waals surface area contributed by atoms with Gasteiger partial charge in [-0.2, -0.15) is 0 Å². The molecule has 3 N–H and O–H groups in total. The van der Waals surface area contributed by atoms with E-state index in [2.05, 4.69) is 10.3 Å². The van der Waals surface area contributed by atoms with E-state index < -0.39 is 5.41 Å². The Bertz CT molecular complexity index is 650. The molecule has 1 saturated carbocycles. The first-order chi connectivity index (χ1) is 9.61. The minimum absolute atomic E-state index is 0.0202. The average Bonchev–Trinajstić information content (AvgIpc) is 2.80. The Labute approximate surface area is 118 Å². The van der Waals surface area contributed by atoms with Gasteiger partial charge in [0.2, 0.25) is 5.91 Å². The molecule has 1 aliphatic rings. The largest absolute Gasteiger partial charge is 0.327 e. The minimum Gasteiger partial charge on any atom is -0.327 e. The second-order valence-electron chi connectivity index (χ2n) is 5.77. The fourth-order valence-electron chi connectivity index (χ4n) is 2.97. The van der Waals surface area contributed by atoms with Crippen molar-refractivity contribution in [3.05, 3.63) is 36.7 Å². The lowest BCUT2D eigenvalue weighted by Gasteiger charge is -2.27. The summed E-state index contributed by atoms with van der Waals surface area (Å²) in [6.07, 6.45) is 6.33. The van der Waals surface area contributed by atoms with Gasteiger partial charge in [0, 0.05) is 34.9 Å². The molecule has 1 aromatic heterocycles. The van der Waals surface area contributed by atoms with Crippen molar-refractivity contribution in [1.82, 2.24) is 4.98 Å². The molecule has 20 heavy (non-hydrogen) atoms. The molecule has 1 aliphatic carbocycles. The van der Waals surface area contributed by atoms with Crippen LogP contribution in [0, 0.1) is 5.41 Å². The highest BCUT2D eigenvalue weighted by Crippen LogP contribution is 2.38. The Morgan fingerprint density at radius 3 is 3.05 bits per heavy atom. The van der Waals surface area contributed by atoms with Gasteiger partial charge in [-0.1, -0.05) is 18.6 Å². The van der Waals surface area contributed by atoms with Crippen LogP contribution in [-0.2, 0) is 4.79 Å². The highest BCUT2D eigenvalue weighted by Gasteiger charge is 2.42. The second-order valence-corrected chi connectivity index (χ2v) is 5.77. The Balaban J connectivity index is 1.92. The average molecular weight is 269 g/mol. The van der Waals surface area contributed by atoms with Crippen LogP contribution in [0.3, 0.4) is 0 Å². The summed E-state index contributed by atoms with van der Waals surface area (Å²) in [7, 11) is 0. The molecule has 2 aromatic rings. The van der Waals surface area contributed by atoms with E-state index in [1.807, 2.05) is 31.2 Å². The summed E-state index contributed by atoms with van der Waals surface area (Å²) >= 11 is 0. The van der Waals surface area contributed by atoms with Gasteiger partial charge in [-0.05, 0) is 31.9 Å². The number of hydrogen-bond acceptors (Lipinski definition) is 3. The first-order valence-corrected chi connectivity index (χ1v) is 7.01. The van der Waals surface area contributed by atoms with Crippen LogP contribution in [0.1, 0.15) is 26.2 Å². The molecule has 2 unspecified atom stereocenters. The van der Waals surface area contributed by atoms with Crippen molar-refractivity contribution >= 4 is 22.4 Å². The van der Waals surface area contributed by atoms with Crippen molar-refractivity contribution < 1.29 is 4.79 Å². The zero-order chi connectivity index (χ0) is 14.2. The van der Waals surface area contributed by atoms with Crippen molar-refractivity contribution in [3.63, 3.8) is 0 Å². The second kappa shape index (κ2) is 4.87. The Kier molecular flexibility index (Phi) is 3.18. The molecule has 0 bridgehead atoms. The Morgan fingerprint density at radius 1 is 1.45 bits per heavy atom. The van der Waals surface area contributed by atoms with E-state index in [-0.39, 0.29) is 11.9 Å². The molecule has 2 atom stereocenters. The topological polar surface area (TPSA) is 68.0 Å². The van der Waals surface area contributed by atoms with Crippen LogP contribution in [0.15, 0.2) is 36.7 Å². The summed E-state index contributed by atoms with van der Waals surface area (Å²) in [6, 6.07) is 7.70. The van der Waals surface area contributed by atoms with Crippen molar-refractivity contribution in [2.45, 2.75) is 32.2 Å². The highest BCUT2D eigenvalue weighted by molar-refractivity contribution is 6.04. The maximum Gasteiger partial charge on any atom is 0.231 e. The number of rotatable bonds is 2. The maximum absolute atomic E-state index is 12.6. The molecule has 3 rings (SSSR count). The van der Waals surface area contributed by atoms with Crippen LogP contribution < -0.4 is 11.1 Å². The number of pyridine rings is 1. The number of nitrogens with one attached hydrogen (secondary N) is 1. The molecule has 1 heterocycles. The number of amides is 1. The van der Waals surface area contributed by atoms with Crippen LogP contribution in [0.25, 0.3) is 10.8 Å². The molecule has 0 spiro atoms. The van der Waals surface area contributed by atoms with Gasteiger partial charge in [-0.3, -0.25) is 9.78 Å². The van der Waals surface area contributed by atoms with E-state index in [9.17, 15) is 4.79 Å². The molecule has 1 fully saturated rings. The third kappa shape index (κ3) is 2.06. The van der Waals surface area contributed by atoms with Gasteiger partial charge in [0.25, 0.3) is 0 Å². The molecule has 1 aromatic carbocycles. The summed E-state index contributed by atoms with van der Waals surface area (Å²) in [5, 5.41) is 5.08. The standard InChI is InChI=1S/C16H19N3O/c1-16(8-3-6-14(16)17)15(20)19-13-5-2-4-11-10-18-9-7-12(11)13/h2,4-5,7,9-10,14H,3,6,8,17H2,1H3,(H,19,20). The predicted molar refractivity (Wildman–Crippen MR) is 80.3 cm³/mol. The third-order valence-corrected chi connectivity index (χ3v) is 4.48. The van der Waals surface area contributed by atoms with Gasteiger partial charge in [0.1, 0.15) is 0 Å². The van der Waals surface area contributed by atoms with Crippen LogP contribution >= 0.6 is 0 Å². The minimum atomic E-state index is -0.463. The first-order valence-electron chi connectivity index (χ1n) is 7.01. The van der Waals surface area contributed by atoms with Gasteiger partial charge >= 0.3 is 0 Å². The van der Waals surface area contributed by atoms with Crippen molar-refractivity contribution in [2.24, 2.45) is 11.1 Å². The molecule has 0 aliphatic heterocycles. The number of carbonyl (C=O) groups excluding carboxylic acids is 1. The maximum atomic E-state index is 12.6. The zero-order valence-electron chi connectivity index (χ0n) is 11.6. The molecule has 4 heteroatoms. The number of anilines is 1. The lowest BCUT2D eigenvalue weighted by Crippen LogP contribution is -2.44. The predicted octanol–water partition coefficient (Wildman–Crippen LogP) is 2.69. The molecule has 1 amide bonds. The van der Waals surface area contributed by atoms with Gasteiger partial charge in [-0.25, -0.2) is 0 Å². The Hall–Kier alpha value is -1.94. The van der Waals surface area contributed by atoms with E-state index in [1.165, 1.54) is 0 Å². The smallest absolute Gasteiger partial charge is 0.231 e. The summed E-state index contributed by atoms with van der Waals surface area (Å²) < 4.78 is 0. The van der Waals surface area contributed by atoms with Crippen molar-refractivity contribution in [1.29, 1.82) is 0 Å². The summed E-state index contributed by atoms with van der Waals surface area (Å²) in [6.45, 7) is 1.96. The number of hydrogen-bond donors (Lipinski definition) is 2. The van der Waals surface area contributed by atoms with E-state index in [1.54, 1.807) is 12.4 Å². The number of fused-ring (bicyclic) bond motifs is 1. The molecule has 0 radical (unpaired) electrons. The van der Waals surface area contributed by atoms with E-state index >= 15 is 0 Å². The van der Waals surface area contributed by atoms with Crippen LogP contribution in [0.5, 0.6) is 0 Å². The van der Waals surface area contributed by atoms with E-state index in [0.29, 0.717) is 0 Å². The monoisotopic (exact) mass is 269 g/mol. The number of aromatic nitrogens is 1. The van der Waals surface area contributed by atoms with E-state index in [4.69, 9.17) is 5.73 Å². The number of benzene rings is 1. The fourth-order valence-corrected chi connectivity index (χ4v) is 2.97. The van der Waals surface area contributed by atoms with Crippen molar-refractivity contribution in [2.75, 3.05) is 5.32 Å². The number of carbonyl (C=O) groups is 1. The zero-order valence-corrected chi connectivity index (χ0v) is 11.6. The van der Waals surface area contributed by atoms with Gasteiger partial charge in [0.05, 0.1) is 5.41 Å². The molecule has 104 valence electrons. The number of nitrogens with zero attached hydrogens (tertiary/aromatic N) is 1. The van der Waals surface area contributed by atoms with Crippen LogP contribution in [-0.4, -0.2) is 16.9 Å². The molecule has 4 nitrogen and oxygen atoms in total. The van der Waals surface area contributed by atoms with Gasteiger partial charge in [0.15, 0.2) is 0 Å². The van der Waals surface area contributed by atoms with Crippen LogP contribution in [0.2, 0.25) is 0 Å². The fraction of sp³-hybridized carbons (Fsp3) is 0.375. The molecular weight excluding hydrogens is 250 g/mol. The van der Waals surface area contributed by atoms with Gasteiger partial charge in [-0.15, -0.1) is 0 Å². The molecule has 0 saturated heterocycles. The summed E-state index contributed by atoms with van der Waals surface area (Å²) in [5.41, 5.74) is 6.48. The van der Waals surface area contributed by atoms with Crippen molar-refractivity contribution in [3.8, 4) is 0 Å². The normalized spacial score (nSPS) is 25.8. The molecular formula is C16H19N3O. The summed E-state index contributed by atoms with van der Waals surface area (Å²) in [4.78, 5) is 16.7. The third-order valence-electron chi connectivity index (χ3n) is 4.48. The quantitative estimate of drug-likeness (QED) is 0.880.